The maximum absolute atomic E-state index is 12.2. The van der Waals surface area contributed by atoms with Crippen LogP contribution in [0.25, 0.3) is 11.1 Å². The van der Waals surface area contributed by atoms with Gasteiger partial charge in [-0.2, -0.15) is 0 Å². The number of hydrogen-bond donors (Lipinski definition) is 1. The van der Waals surface area contributed by atoms with E-state index >= 15 is 0 Å². The summed E-state index contributed by atoms with van der Waals surface area (Å²) >= 11 is 0. The molecule has 3 aromatic rings. The molecule has 0 radical (unpaired) electrons. The van der Waals surface area contributed by atoms with Gasteiger partial charge < -0.3 is 15.2 Å². The van der Waals surface area contributed by atoms with Gasteiger partial charge in [0.05, 0.1) is 0 Å². The predicted octanol–water partition coefficient (Wildman–Crippen LogP) is 5.41. The second-order valence-corrected chi connectivity index (χ2v) is 5.60. The second-order valence-electron chi connectivity index (χ2n) is 5.60. The fourth-order valence-corrected chi connectivity index (χ4v) is 2.47. The Morgan fingerprint density at radius 3 is 2.08 bits per heavy atom. The first-order valence-electron chi connectivity index (χ1n) is 7.83. The van der Waals surface area contributed by atoms with Crippen LogP contribution in [-0.4, -0.2) is 6.36 Å². The van der Waals surface area contributed by atoms with Crippen LogP contribution >= 0.6 is 0 Å². The van der Waals surface area contributed by atoms with Crippen LogP contribution < -0.4 is 15.2 Å². The Labute approximate surface area is 148 Å². The second kappa shape index (κ2) is 7.39. The van der Waals surface area contributed by atoms with Gasteiger partial charge in [-0.15, -0.1) is 13.2 Å². The third kappa shape index (κ3) is 4.69. The lowest BCUT2D eigenvalue weighted by molar-refractivity contribution is -0.274. The number of halogens is 3. The standard InChI is InChI=1S/C20H16F3NO2/c21-20(22,23)26-16-8-6-15(7-9-16)18-11-10-17(12-19(18)24)25-13-14-4-2-1-3-5-14/h1-12H,13,24H2. The quantitative estimate of drug-likeness (QED) is 0.619. The zero-order valence-electron chi connectivity index (χ0n) is 13.7. The van der Waals surface area contributed by atoms with E-state index in [9.17, 15) is 13.2 Å². The highest BCUT2D eigenvalue weighted by Gasteiger charge is 2.30. The van der Waals surface area contributed by atoms with Crippen LogP contribution in [0.2, 0.25) is 0 Å². The molecule has 0 aliphatic rings. The molecule has 2 N–H and O–H groups in total. The summed E-state index contributed by atoms with van der Waals surface area (Å²) < 4.78 is 46.2. The monoisotopic (exact) mass is 359 g/mol. The van der Waals surface area contributed by atoms with Gasteiger partial charge in [0.15, 0.2) is 0 Å². The van der Waals surface area contributed by atoms with Crippen LogP contribution in [0.5, 0.6) is 11.5 Å². The smallest absolute Gasteiger partial charge is 0.489 e. The van der Waals surface area contributed by atoms with E-state index in [4.69, 9.17) is 10.5 Å². The topological polar surface area (TPSA) is 44.5 Å². The molecule has 0 bridgehead atoms. The summed E-state index contributed by atoms with van der Waals surface area (Å²) in [6.07, 6.45) is -4.71. The van der Waals surface area contributed by atoms with Gasteiger partial charge >= 0.3 is 6.36 Å². The van der Waals surface area contributed by atoms with Crippen LogP contribution in [-0.2, 0) is 6.61 Å². The van der Waals surface area contributed by atoms with Crippen molar-refractivity contribution in [3.63, 3.8) is 0 Å². The molecule has 0 unspecified atom stereocenters. The van der Waals surface area contributed by atoms with Gasteiger partial charge in [0.2, 0.25) is 0 Å². The predicted molar refractivity (Wildman–Crippen MR) is 93.7 cm³/mol. The summed E-state index contributed by atoms with van der Waals surface area (Å²) in [5.74, 6) is 0.342. The minimum Gasteiger partial charge on any atom is -0.489 e. The summed E-state index contributed by atoms with van der Waals surface area (Å²) in [6, 6.07) is 20.5. The maximum Gasteiger partial charge on any atom is 0.573 e. The van der Waals surface area contributed by atoms with Gasteiger partial charge in [0, 0.05) is 17.3 Å². The SMILES string of the molecule is Nc1cc(OCc2ccccc2)ccc1-c1ccc(OC(F)(F)F)cc1. The molecular weight excluding hydrogens is 343 g/mol. The van der Waals surface area contributed by atoms with E-state index < -0.39 is 6.36 Å². The molecule has 0 aromatic heterocycles. The number of nitrogen functional groups attached to an aromatic ring is 1. The molecule has 3 rings (SSSR count). The zero-order chi connectivity index (χ0) is 18.6. The number of ether oxygens (including phenoxy) is 2. The van der Waals surface area contributed by atoms with Gasteiger partial charge in [-0.3, -0.25) is 0 Å². The molecule has 0 aliphatic heterocycles. The maximum atomic E-state index is 12.2. The molecule has 0 heterocycles. The first-order valence-corrected chi connectivity index (χ1v) is 7.83. The van der Waals surface area contributed by atoms with Crippen LogP contribution in [0.4, 0.5) is 18.9 Å². The van der Waals surface area contributed by atoms with Crippen molar-refractivity contribution in [1.29, 1.82) is 0 Å². The van der Waals surface area contributed by atoms with Crippen molar-refractivity contribution in [2.24, 2.45) is 0 Å². The van der Waals surface area contributed by atoms with E-state index in [1.165, 1.54) is 24.3 Å². The van der Waals surface area contributed by atoms with Crippen LogP contribution in [0.15, 0.2) is 72.8 Å². The number of anilines is 1. The van der Waals surface area contributed by atoms with Crippen molar-refractivity contribution in [3.05, 3.63) is 78.4 Å². The van der Waals surface area contributed by atoms with Gasteiger partial charge in [-0.1, -0.05) is 42.5 Å². The molecule has 0 saturated heterocycles. The molecule has 26 heavy (non-hydrogen) atoms. The summed E-state index contributed by atoms with van der Waals surface area (Å²) in [6.45, 7) is 0.420. The number of rotatable bonds is 5. The van der Waals surface area contributed by atoms with Gasteiger partial charge in [-0.05, 0) is 35.4 Å². The molecule has 3 aromatic carbocycles. The summed E-state index contributed by atoms with van der Waals surface area (Å²) in [4.78, 5) is 0. The molecule has 0 atom stereocenters. The molecule has 3 nitrogen and oxygen atoms in total. The van der Waals surface area contributed by atoms with Crippen molar-refractivity contribution >= 4 is 5.69 Å². The fourth-order valence-electron chi connectivity index (χ4n) is 2.47. The van der Waals surface area contributed by atoms with Gasteiger partial charge in [0.1, 0.15) is 18.1 Å². The molecule has 0 saturated carbocycles. The van der Waals surface area contributed by atoms with E-state index in [1.807, 2.05) is 30.3 Å². The average molecular weight is 359 g/mol. The number of benzene rings is 3. The van der Waals surface area contributed by atoms with Crippen molar-refractivity contribution in [2.45, 2.75) is 13.0 Å². The average Bonchev–Trinajstić information content (AvgIpc) is 2.61. The molecule has 6 heteroatoms. The van der Waals surface area contributed by atoms with E-state index in [0.29, 0.717) is 29.2 Å². The van der Waals surface area contributed by atoms with Crippen LogP contribution in [0.3, 0.4) is 0 Å². The lowest BCUT2D eigenvalue weighted by Crippen LogP contribution is -2.16. The Kier molecular flexibility index (Phi) is 5.02. The van der Waals surface area contributed by atoms with E-state index in [-0.39, 0.29) is 5.75 Å². The highest BCUT2D eigenvalue weighted by atomic mass is 19.4. The van der Waals surface area contributed by atoms with Gasteiger partial charge in [-0.25, -0.2) is 0 Å². The minimum absolute atomic E-state index is 0.275. The van der Waals surface area contributed by atoms with Crippen molar-refractivity contribution in [1.82, 2.24) is 0 Å². The first-order chi connectivity index (χ1) is 12.4. The Balaban J connectivity index is 1.71. The number of hydrogen-bond acceptors (Lipinski definition) is 3. The number of alkyl halides is 3. The largest absolute Gasteiger partial charge is 0.573 e. The number of nitrogens with two attached hydrogens (primary N) is 1. The van der Waals surface area contributed by atoms with Crippen LogP contribution in [0, 0.1) is 0 Å². The molecular formula is C20H16F3NO2. The third-order valence-corrected chi connectivity index (χ3v) is 3.67. The van der Waals surface area contributed by atoms with E-state index in [1.54, 1.807) is 18.2 Å². The summed E-state index contributed by atoms with van der Waals surface area (Å²) in [5.41, 5.74) is 8.97. The highest BCUT2D eigenvalue weighted by Crippen LogP contribution is 2.32. The lowest BCUT2D eigenvalue weighted by atomic mass is 10.0. The third-order valence-electron chi connectivity index (χ3n) is 3.67. The minimum atomic E-state index is -4.71. The summed E-state index contributed by atoms with van der Waals surface area (Å²) in [5, 5.41) is 0. The molecule has 0 spiro atoms. The normalized spacial score (nSPS) is 11.2. The van der Waals surface area contributed by atoms with Crippen molar-refractivity contribution in [3.8, 4) is 22.6 Å². The zero-order valence-corrected chi connectivity index (χ0v) is 13.7. The van der Waals surface area contributed by atoms with E-state index in [2.05, 4.69) is 4.74 Å². The molecule has 0 amide bonds. The molecule has 0 fully saturated rings. The van der Waals surface area contributed by atoms with Crippen molar-refractivity contribution in [2.75, 3.05) is 5.73 Å². The Morgan fingerprint density at radius 2 is 1.46 bits per heavy atom. The van der Waals surface area contributed by atoms with E-state index in [0.717, 1.165) is 5.56 Å². The Morgan fingerprint density at radius 1 is 0.808 bits per heavy atom. The Hall–Kier alpha value is -3.15. The molecule has 0 aliphatic carbocycles. The molecule has 134 valence electrons. The first kappa shape index (κ1) is 17.7. The fraction of sp³-hybridized carbons (Fsp3) is 0.100. The van der Waals surface area contributed by atoms with Gasteiger partial charge in [0.25, 0.3) is 0 Å². The highest BCUT2D eigenvalue weighted by molar-refractivity contribution is 5.77. The van der Waals surface area contributed by atoms with Crippen LogP contribution in [0.1, 0.15) is 5.56 Å². The summed E-state index contributed by atoms with van der Waals surface area (Å²) in [7, 11) is 0. The van der Waals surface area contributed by atoms with Crippen molar-refractivity contribution < 1.29 is 22.6 Å². The lowest BCUT2D eigenvalue weighted by Gasteiger charge is -2.12. The Bertz CT molecular complexity index is 862.